The zero-order valence-electron chi connectivity index (χ0n) is 17.0. The Morgan fingerprint density at radius 1 is 1.29 bits per heavy atom. The third-order valence-corrected chi connectivity index (χ3v) is 6.50. The molecule has 160 valence electrons. The Morgan fingerprint density at radius 3 is 2.81 bits per heavy atom. The van der Waals surface area contributed by atoms with Crippen LogP contribution in [0.3, 0.4) is 0 Å². The monoisotopic (exact) mass is 503 g/mol. The number of aliphatic imine (C=N–C) groups is 1. The minimum atomic E-state index is -0.674. The summed E-state index contributed by atoms with van der Waals surface area (Å²) in [6.07, 6.45) is 0. The van der Waals surface area contributed by atoms with Crippen molar-refractivity contribution in [2.24, 2.45) is 4.99 Å². The van der Waals surface area contributed by atoms with Crippen LogP contribution in [0, 0.1) is 5.82 Å². The van der Waals surface area contributed by atoms with E-state index in [1.54, 1.807) is 27.0 Å². The highest BCUT2D eigenvalue weighted by Gasteiger charge is 2.32. The summed E-state index contributed by atoms with van der Waals surface area (Å²) in [6, 6.07) is 9.30. The van der Waals surface area contributed by atoms with Crippen molar-refractivity contribution in [2.75, 3.05) is 13.7 Å². The van der Waals surface area contributed by atoms with E-state index in [0.29, 0.717) is 32.1 Å². The molecule has 2 heterocycles. The molecule has 2 aromatic carbocycles. The first-order valence-corrected chi connectivity index (χ1v) is 11.1. The largest absolute Gasteiger partial charge is 0.497 e. The Labute approximate surface area is 190 Å². The maximum atomic E-state index is 13.7. The van der Waals surface area contributed by atoms with Crippen LogP contribution in [-0.2, 0) is 9.53 Å². The fraction of sp³-hybridized carbons (Fsp3) is 0.227. The zero-order chi connectivity index (χ0) is 22.1. The fourth-order valence-corrected chi connectivity index (χ4v) is 4.85. The van der Waals surface area contributed by atoms with Gasteiger partial charge in [-0.05, 0) is 49.7 Å². The molecule has 1 aliphatic heterocycles. The molecule has 1 atom stereocenters. The molecule has 0 unspecified atom stereocenters. The van der Waals surface area contributed by atoms with E-state index in [-0.39, 0.29) is 12.4 Å². The second-order valence-electron chi connectivity index (χ2n) is 6.78. The third kappa shape index (κ3) is 4.20. The molecule has 0 saturated carbocycles. The number of hydrogen-bond donors (Lipinski definition) is 1. The van der Waals surface area contributed by atoms with E-state index < -0.39 is 12.0 Å². The lowest BCUT2D eigenvalue weighted by atomic mass is 9.96. The highest BCUT2D eigenvalue weighted by molar-refractivity contribution is 9.10. The van der Waals surface area contributed by atoms with Crippen LogP contribution in [0.1, 0.15) is 30.5 Å². The smallest absolute Gasteiger partial charge is 0.338 e. The predicted molar refractivity (Wildman–Crippen MR) is 122 cm³/mol. The summed E-state index contributed by atoms with van der Waals surface area (Å²) in [4.78, 5) is 22.2. The summed E-state index contributed by atoms with van der Waals surface area (Å²) in [7, 11) is 1.62. The zero-order valence-corrected chi connectivity index (χ0v) is 19.4. The lowest BCUT2D eigenvalue weighted by Gasteiger charge is -2.26. The molecule has 0 fully saturated rings. The number of methoxy groups -OCH3 is 1. The van der Waals surface area contributed by atoms with E-state index in [2.05, 4.69) is 26.2 Å². The number of nitrogens with one attached hydrogen (secondary N) is 1. The van der Waals surface area contributed by atoms with Crippen molar-refractivity contribution in [1.82, 2.24) is 10.3 Å². The van der Waals surface area contributed by atoms with Gasteiger partial charge in [0, 0.05) is 10.2 Å². The van der Waals surface area contributed by atoms with Crippen LogP contribution >= 0.6 is 27.3 Å². The summed E-state index contributed by atoms with van der Waals surface area (Å²) in [5.41, 5.74) is 2.47. The average molecular weight is 504 g/mol. The van der Waals surface area contributed by atoms with Gasteiger partial charge >= 0.3 is 5.97 Å². The van der Waals surface area contributed by atoms with Gasteiger partial charge in [-0.3, -0.25) is 4.99 Å². The number of thiazole rings is 1. The van der Waals surface area contributed by atoms with Gasteiger partial charge < -0.3 is 14.8 Å². The molecule has 6 nitrogen and oxygen atoms in total. The average Bonchev–Trinajstić information content (AvgIpc) is 3.16. The maximum Gasteiger partial charge on any atom is 0.338 e. The maximum absolute atomic E-state index is 13.7. The Morgan fingerprint density at radius 2 is 2.10 bits per heavy atom. The fourth-order valence-electron chi connectivity index (χ4n) is 3.34. The van der Waals surface area contributed by atoms with Crippen LogP contribution in [0.25, 0.3) is 10.2 Å². The second-order valence-corrected chi connectivity index (χ2v) is 8.67. The molecule has 4 rings (SSSR count). The van der Waals surface area contributed by atoms with E-state index in [1.165, 1.54) is 23.5 Å². The molecule has 31 heavy (non-hydrogen) atoms. The van der Waals surface area contributed by atoms with Crippen LogP contribution in [0.4, 0.5) is 4.39 Å². The lowest BCUT2D eigenvalue weighted by Crippen LogP contribution is -2.32. The van der Waals surface area contributed by atoms with E-state index in [0.717, 1.165) is 16.0 Å². The van der Waals surface area contributed by atoms with Crippen LogP contribution in [-0.4, -0.2) is 30.5 Å². The molecule has 0 bridgehead atoms. The molecule has 1 aliphatic rings. The molecule has 1 N–H and O–H groups in total. The van der Waals surface area contributed by atoms with Crippen LogP contribution < -0.4 is 10.1 Å². The van der Waals surface area contributed by atoms with Gasteiger partial charge in [0.05, 0.1) is 29.5 Å². The SMILES string of the molecule is CCOC(=O)C1=C(C)NC(c2nc3ccc(OC)cc3s2)=N[C@H]1c1ccc(F)cc1Br. The van der Waals surface area contributed by atoms with E-state index >= 15 is 0 Å². The Balaban J connectivity index is 1.82. The summed E-state index contributed by atoms with van der Waals surface area (Å²) in [6.45, 7) is 3.78. The Bertz CT molecular complexity index is 1240. The second kappa shape index (κ2) is 8.76. The number of aromatic nitrogens is 1. The number of allylic oxidation sites excluding steroid dienone is 1. The van der Waals surface area contributed by atoms with Gasteiger partial charge in [-0.25, -0.2) is 14.2 Å². The number of benzene rings is 2. The predicted octanol–water partition coefficient (Wildman–Crippen LogP) is 5.13. The molecule has 0 saturated heterocycles. The molecular formula is C22H19BrFN3O3S. The summed E-state index contributed by atoms with van der Waals surface area (Å²) >= 11 is 4.87. The molecule has 0 radical (unpaired) electrons. The first-order valence-electron chi connectivity index (χ1n) is 9.54. The molecule has 0 amide bonds. The third-order valence-electron chi connectivity index (χ3n) is 4.79. The number of ether oxygens (including phenoxy) is 2. The Hall–Kier alpha value is -2.78. The van der Waals surface area contributed by atoms with Crippen molar-refractivity contribution in [3.63, 3.8) is 0 Å². The number of nitrogens with zero attached hydrogens (tertiary/aromatic N) is 2. The van der Waals surface area contributed by atoms with Gasteiger partial charge in [-0.1, -0.05) is 22.0 Å². The van der Waals surface area contributed by atoms with Gasteiger partial charge in [-0.2, -0.15) is 0 Å². The van der Waals surface area contributed by atoms with Gasteiger partial charge in [-0.15, -0.1) is 11.3 Å². The quantitative estimate of drug-likeness (QED) is 0.488. The number of esters is 1. The number of hydrogen-bond acceptors (Lipinski definition) is 7. The van der Waals surface area contributed by atoms with Gasteiger partial charge in [0.2, 0.25) is 0 Å². The minimum Gasteiger partial charge on any atom is -0.497 e. The van der Waals surface area contributed by atoms with Crippen LogP contribution in [0.2, 0.25) is 0 Å². The molecular weight excluding hydrogens is 485 g/mol. The standard InChI is InChI=1S/C22H19BrFN3O3S/c1-4-30-22(28)18-11(2)25-20(27-19(18)14-7-5-12(24)9-15(14)23)21-26-16-8-6-13(29-3)10-17(16)31-21/h5-10,19H,4H2,1-3H3,(H,25,27)/t19-/m0/s1. The van der Waals surface area contributed by atoms with Gasteiger partial charge in [0.15, 0.2) is 10.8 Å². The van der Waals surface area contributed by atoms with E-state index in [9.17, 15) is 9.18 Å². The summed E-state index contributed by atoms with van der Waals surface area (Å²) in [5.74, 6) is 0.430. The highest BCUT2D eigenvalue weighted by Crippen LogP contribution is 2.37. The van der Waals surface area contributed by atoms with Crippen LogP contribution in [0.15, 0.2) is 57.1 Å². The molecule has 0 spiro atoms. The van der Waals surface area contributed by atoms with Gasteiger partial charge in [0.25, 0.3) is 0 Å². The van der Waals surface area contributed by atoms with Crippen molar-refractivity contribution >= 4 is 49.3 Å². The number of amidine groups is 1. The summed E-state index contributed by atoms with van der Waals surface area (Å²) in [5, 5.41) is 3.87. The topological polar surface area (TPSA) is 72.8 Å². The van der Waals surface area contributed by atoms with E-state index in [4.69, 9.17) is 14.5 Å². The normalized spacial score (nSPS) is 16.2. The number of fused-ring (bicyclic) bond motifs is 1. The van der Waals surface area contributed by atoms with Crippen molar-refractivity contribution < 1.29 is 18.7 Å². The van der Waals surface area contributed by atoms with Crippen molar-refractivity contribution in [2.45, 2.75) is 19.9 Å². The molecule has 1 aromatic heterocycles. The lowest BCUT2D eigenvalue weighted by molar-refractivity contribution is -0.138. The van der Waals surface area contributed by atoms with Gasteiger partial charge in [0.1, 0.15) is 17.6 Å². The van der Waals surface area contributed by atoms with Crippen LogP contribution in [0.5, 0.6) is 5.75 Å². The highest BCUT2D eigenvalue weighted by atomic mass is 79.9. The van der Waals surface area contributed by atoms with Crippen molar-refractivity contribution in [1.29, 1.82) is 0 Å². The molecule has 0 aliphatic carbocycles. The minimum absolute atomic E-state index is 0.239. The number of halogens is 2. The number of carbonyl (C=O) groups is 1. The number of rotatable bonds is 5. The van der Waals surface area contributed by atoms with E-state index in [1.807, 2.05) is 18.2 Å². The van der Waals surface area contributed by atoms with Crippen molar-refractivity contribution in [3.05, 3.63) is 68.5 Å². The van der Waals surface area contributed by atoms with Crippen molar-refractivity contribution in [3.8, 4) is 5.75 Å². The summed E-state index contributed by atoms with van der Waals surface area (Å²) < 4.78 is 25.7. The molecule has 3 aromatic rings. The first-order chi connectivity index (χ1) is 14.9. The first kappa shape index (κ1) is 21.5. The number of carbonyl (C=O) groups excluding carboxylic acids is 1. The Kier molecular flexibility index (Phi) is 6.06. The molecule has 9 heteroatoms.